The molecule has 4 heteroatoms. The van der Waals surface area contributed by atoms with Crippen LogP contribution >= 0.6 is 22.6 Å². The fraction of sp³-hybridized carbons (Fsp3) is 0. The zero-order chi connectivity index (χ0) is 15.7. The molecular weight excluding hydrogens is 387 g/mol. The van der Waals surface area contributed by atoms with Crippen LogP contribution in [0, 0.1) is 26.2 Å². The Kier molecular flexibility index (Phi) is 3.70. The molecule has 0 radical (unpaired) electrons. The van der Waals surface area contributed by atoms with Gasteiger partial charge in [-0.1, -0.05) is 6.07 Å². The maximum Gasteiger partial charge on any atom is 0.124 e. The van der Waals surface area contributed by atoms with Gasteiger partial charge in [0.05, 0.1) is 23.3 Å². The van der Waals surface area contributed by atoms with Crippen molar-refractivity contribution in [1.82, 2.24) is 0 Å². The summed E-state index contributed by atoms with van der Waals surface area (Å²) in [6, 6.07) is 18.5. The van der Waals surface area contributed by atoms with Crippen LogP contribution in [0.3, 0.4) is 0 Å². The van der Waals surface area contributed by atoms with E-state index in [1.165, 1.54) is 0 Å². The molecule has 0 heterocycles. The van der Waals surface area contributed by atoms with E-state index in [2.05, 4.69) is 34.7 Å². The van der Waals surface area contributed by atoms with Crippen molar-refractivity contribution in [3.63, 3.8) is 0 Å². The molecule has 0 fully saturated rings. The van der Waals surface area contributed by atoms with E-state index in [9.17, 15) is 5.11 Å². The van der Waals surface area contributed by atoms with Crippen LogP contribution < -0.4 is 0 Å². The van der Waals surface area contributed by atoms with Crippen LogP contribution in [0.5, 0.6) is 5.75 Å². The second-order valence-corrected chi connectivity index (χ2v) is 6.01. The molecular formula is C18H9IN2O. The van der Waals surface area contributed by atoms with E-state index in [4.69, 9.17) is 10.5 Å². The summed E-state index contributed by atoms with van der Waals surface area (Å²) < 4.78 is 1.00. The van der Waals surface area contributed by atoms with Gasteiger partial charge in [0.25, 0.3) is 0 Å². The number of rotatable bonds is 1. The molecule has 0 spiro atoms. The van der Waals surface area contributed by atoms with Crippen LogP contribution in [0.25, 0.3) is 21.9 Å². The molecule has 3 aromatic rings. The fourth-order valence-electron chi connectivity index (χ4n) is 2.38. The van der Waals surface area contributed by atoms with Crippen molar-refractivity contribution in [3.8, 4) is 29.0 Å². The van der Waals surface area contributed by atoms with Crippen molar-refractivity contribution in [2.75, 3.05) is 0 Å². The standard InChI is InChI=1S/C18H9IN2O/c19-17-4-2-12(10-21)5-15(17)14-7-13-3-1-11(9-20)6-16(13)18(22)8-14/h1-8,22H. The van der Waals surface area contributed by atoms with E-state index in [1.54, 1.807) is 24.3 Å². The van der Waals surface area contributed by atoms with Crippen LogP contribution in [-0.2, 0) is 0 Å². The van der Waals surface area contributed by atoms with Gasteiger partial charge in [-0.25, -0.2) is 0 Å². The predicted octanol–water partition coefficient (Wildman–Crippen LogP) is 4.56. The fourth-order valence-corrected chi connectivity index (χ4v) is 3.03. The topological polar surface area (TPSA) is 67.8 Å². The molecule has 0 aliphatic rings. The average Bonchev–Trinajstić information content (AvgIpc) is 2.55. The molecule has 0 bridgehead atoms. The van der Waals surface area contributed by atoms with E-state index in [-0.39, 0.29) is 5.75 Å². The van der Waals surface area contributed by atoms with Gasteiger partial charge in [-0.3, -0.25) is 0 Å². The molecule has 0 atom stereocenters. The smallest absolute Gasteiger partial charge is 0.124 e. The van der Waals surface area contributed by atoms with Crippen LogP contribution in [0.2, 0.25) is 0 Å². The largest absolute Gasteiger partial charge is 0.507 e. The summed E-state index contributed by atoms with van der Waals surface area (Å²) in [5.74, 6) is 0.128. The number of benzene rings is 3. The van der Waals surface area contributed by atoms with Gasteiger partial charge in [-0.05, 0) is 81.6 Å². The third kappa shape index (κ3) is 2.49. The number of phenols is 1. The summed E-state index contributed by atoms with van der Waals surface area (Å²) >= 11 is 2.21. The van der Waals surface area contributed by atoms with Crippen molar-refractivity contribution >= 4 is 33.4 Å². The minimum absolute atomic E-state index is 0.128. The second kappa shape index (κ2) is 5.67. The van der Waals surface area contributed by atoms with Crippen molar-refractivity contribution < 1.29 is 5.11 Å². The number of nitriles is 2. The number of aromatic hydroxyl groups is 1. The lowest BCUT2D eigenvalue weighted by Crippen LogP contribution is -1.87. The molecule has 0 aromatic heterocycles. The van der Waals surface area contributed by atoms with Crippen LogP contribution in [0.4, 0.5) is 0 Å². The van der Waals surface area contributed by atoms with Crippen molar-refractivity contribution in [2.45, 2.75) is 0 Å². The number of hydrogen-bond donors (Lipinski definition) is 1. The van der Waals surface area contributed by atoms with Crippen molar-refractivity contribution in [1.29, 1.82) is 10.5 Å². The van der Waals surface area contributed by atoms with Crippen molar-refractivity contribution in [3.05, 3.63) is 63.2 Å². The van der Waals surface area contributed by atoms with E-state index in [0.29, 0.717) is 16.5 Å². The number of phenolic OH excluding ortho intramolecular Hbond substituents is 1. The Morgan fingerprint density at radius 3 is 2.27 bits per heavy atom. The lowest BCUT2D eigenvalue weighted by molar-refractivity contribution is 0.482. The normalized spacial score (nSPS) is 10.1. The number of nitrogens with zero attached hydrogens (tertiary/aromatic N) is 2. The number of hydrogen-bond acceptors (Lipinski definition) is 3. The highest BCUT2D eigenvalue weighted by molar-refractivity contribution is 14.1. The first-order valence-electron chi connectivity index (χ1n) is 6.49. The van der Waals surface area contributed by atoms with Crippen LogP contribution in [-0.4, -0.2) is 5.11 Å². The van der Waals surface area contributed by atoms with Gasteiger partial charge in [0.2, 0.25) is 0 Å². The van der Waals surface area contributed by atoms with Gasteiger partial charge in [0.1, 0.15) is 5.75 Å². The minimum atomic E-state index is 0.128. The molecule has 0 aliphatic carbocycles. The van der Waals surface area contributed by atoms with Gasteiger partial charge in [0, 0.05) is 8.96 Å². The van der Waals surface area contributed by atoms with E-state index >= 15 is 0 Å². The Balaban J connectivity index is 2.26. The van der Waals surface area contributed by atoms with Gasteiger partial charge < -0.3 is 5.11 Å². The van der Waals surface area contributed by atoms with Gasteiger partial charge in [-0.15, -0.1) is 0 Å². The highest BCUT2D eigenvalue weighted by Crippen LogP contribution is 2.34. The number of fused-ring (bicyclic) bond motifs is 1. The molecule has 0 aliphatic heterocycles. The summed E-state index contributed by atoms with van der Waals surface area (Å²) in [4.78, 5) is 0. The molecule has 0 amide bonds. The Morgan fingerprint density at radius 1 is 0.864 bits per heavy atom. The third-order valence-electron chi connectivity index (χ3n) is 3.47. The minimum Gasteiger partial charge on any atom is -0.507 e. The zero-order valence-corrected chi connectivity index (χ0v) is 13.5. The number of halogens is 1. The summed E-state index contributed by atoms with van der Waals surface area (Å²) in [5, 5.41) is 29.8. The first-order chi connectivity index (χ1) is 10.6. The molecule has 0 saturated heterocycles. The molecule has 3 aromatic carbocycles. The molecule has 22 heavy (non-hydrogen) atoms. The average molecular weight is 396 g/mol. The van der Waals surface area contributed by atoms with E-state index < -0.39 is 0 Å². The second-order valence-electron chi connectivity index (χ2n) is 4.85. The quantitative estimate of drug-likeness (QED) is 0.614. The first kappa shape index (κ1) is 14.4. The van der Waals surface area contributed by atoms with Crippen molar-refractivity contribution in [2.24, 2.45) is 0 Å². The van der Waals surface area contributed by atoms with E-state index in [1.807, 2.05) is 24.3 Å². The Bertz CT molecular complexity index is 981. The lowest BCUT2D eigenvalue weighted by atomic mass is 9.98. The maximum atomic E-state index is 10.3. The Labute approximate surface area is 141 Å². The van der Waals surface area contributed by atoms with Crippen LogP contribution in [0.1, 0.15) is 11.1 Å². The summed E-state index contributed by atoms with van der Waals surface area (Å²) in [6.45, 7) is 0. The molecule has 1 N–H and O–H groups in total. The Hall–Kier alpha value is -2.57. The van der Waals surface area contributed by atoms with E-state index in [0.717, 1.165) is 20.1 Å². The van der Waals surface area contributed by atoms with Gasteiger partial charge >= 0.3 is 0 Å². The predicted molar refractivity (Wildman–Crippen MR) is 93.2 cm³/mol. The zero-order valence-electron chi connectivity index (χ0n) is 11.3. The monoisotopic (exact) mass is 396 g/mol. The summed E-state index contributed by atoms with van der Waals surface area (Å²) in [6.07, 6.45) is 0. The SMILES string of the molecule is N#Cc1ccc(I)c(-c2cc(O)c3cc(C#N)ccc3c2)c1. The summed E-state index contributed by atoms with van der Waals surface area (Å²) in [5.41, 5.74) is 2.84. The molecule has 3 nitrogen and oxygen atoms in total. The lowest BCUT2D eigenvalue weighted by Gasteiger charge is -2.09. The molecule has 104 valence electrons. The molecule has 3 rings (SSSR count). The highest BCUT2D eigenvalue weighted by atomic mass is 127. The Morgan fingerprint density at radius 2 is 1.55 bits per heavy atom. The molecule has 0 saturated carbocycles. The van der Waals surface area contributed by atoms with Gasteiger partial charge in [0.15, 0.2) is 0 Å². The highest BCUT2D eigenvalue weighted by Gasteiger charge is 2.09. The summed E-state index contributed by atoms with van der Waals surface area (Å²) in [7, 11) is 0. The van der Waals surface area contributed by atoms with Crippen LogP contribution in [0.15, 0.2) is 48.5 Å². The maximum absolute atomic E-state index is 10.3. The first-order valence-corrected chi connectivity index (χ1v) is 7.57. The third-order valence-corrected chi connectivity index (χ3v) is 4.41. The molecule has 0 unspecified atom stereocenters. The van der Waals surface area contributed by atoms with Gasteiger partial charge in [-0.2, -0.15) is 10.5 Å².